The molecule has 1 aliphatic carbocycles. The second-order valence-electron chi connectivity index (χ2n) is 6.93. The predicted molar refractivity (Wildman–Crippen MR) is 124 cm³/mol. The van der Waals surface area contributed by atoms with E-state index >= 15 is 0 Å². The molecule has 9 heteroatoms. The third kappa shape index (κ3) is 5.82. The van der Waals surface area contributed by atoms with Gasteiger partial charge in [-0.2, -0.15) is 5.10 Å². The number of amidine groups is 1. The number of dihydropyridines is 1. The van der Waals surface area contributed by atoms with Crippen molar-refractivity contribution in [2.45, 2.75) is 38.5 Å². The first-order valence-corrected chi connectivity index (χ1v) is 11.3. The van der Waals surface area contributed by atoms with Crippen molar-refractivity contribution < 1.29 is 18.3 Å². The molecule has 4 rings (SSSR count). The number of nitrogens with zero attached hydrogens (tertiary/aromatic N) is 1. The molecule has 1 aromatic carbocycles. The Morgan fingerprint density at radius 1 is 1.31 bits per heavy atom. The molecular weight excluding hydrogens is 434 g/mol. The van der Waals surface area contributed by atoms with Gasteiger partial charge in [0, 0.05) is 29.2 Å². The largest absolute Gasteiger partial charge is 0.496 e. The van der Waals surface area contributed by atoms with E-state index in [0.29, 0.717) is 40.1 Å². The van der Waals surface area contributed by atoms with Gasteiger partial charge in [-0.15, -0.1) is 0 Å². The average Bonchev–Trinajstić information content (AvgIpc) is 3.56. The highest BCUT2D eigenvalue weighted by Gasteiger charge is 2.25. The summed E-state index contributed by atoms with van der Waals surface area (Å²) in [4.78, 5) is 12.9. The van der Waals surface area contributed by atoms with Crippen LogP contribution in [0.2, 0.25) is 0 Å². The Hall–Kier alpha value is -2.99. The molecule has 170 valence electrons. The Bertz CT molecular complexity index is 1010. The molecular formula is C23H26F2N4O2S. The van der Waals surface area contributed by atoms with Crippen LogP contribution in [0.5, 0.6) is 5.75 Å². The topological polar surface area (TPSA) is 74.8 Å². The lowest BCUT2D eigenvalue weighted by molar-refractivity contribution is -0.115. The first-order valence-electron chi connectivity index (χ1n) is 10.5. The molecule has 0 saturated heterocycles. The number of methoxy groups -OCH3 is 1. The van der Waals surface area contributed by atoms with Crippen molar-refractivity contribution in [2.24, 2.45) is 11.0 Å². The summed E-state index contributed by atoms with van der Waals surface area (Å²) < 4.78 is 31.8. The summed E-state index contributed by atoms with van der Waals surface area (Å²) >= 11 is 1.33. The number of rotatable bonds is 4. The SMILES string of the molecule is CC.COc1ccc(C(F)F)cc1C1=C(C(=O)NC2=NNC(C#CC3CC3)S2)C=CNC1. The molecule has 3 aliphatic rings. The van der Waals surface area contributed by atoms with E-state index in [1.807, 2.05) is 13.8 Å². The first-order chi connectivity index (χ1) is 15.5. The summed E-state index contributed by atoms with van der Waals surface area (Å²) in [6.45, 7) is 4.30. The van der Waals surface area contributed by atoms with Crippen LogP contribution in [0, 0.1) is 17.8 Å². The van der Waals surface area contributed by atoms with E-state index in [9.17, 15) is 13.6 Å². The molecule has 0 bridgehead atoms. The van der Waals surface area contributed by atoms with E-state index in [-0.39, 0.29) is 16.8 Å². The van der Waals surface area contributed by atoms with Crippen molar-refractivity contribution in [1.29, 1.82) is 0 Å². The molecule has 2 heterocycles. The van der Waals surface area contributed by atoms with Crippen LogP contribution in [0.4, 0.5) is 8.78 Å². The Balaban J connectivity index is 0.00000141. The number of carbonyl (C=O) groups is 1. The van der Waals surface area contributed by atoms with E-state index < -0.39 is 6.43 Å². The second kappa shape index (κ2) is 11.0. The number of amides is 1. The van der Waals surface area contributed by atoms with Gasteiger partial charge < -0.3 is 10.1 Å². The number of benzene rings is 1. The van der Waals surface area contributed by atoms with Crippen LogP contribution in [0.1, 0.15) is 44.2 Å². The Kier molecular flexibility index (Phi) is 8.17. The maximum Gasteiger partial charge on any atom is 0.263 e. The summed E-state index contributed by atoms with van der Waals surface area (Å²) in [6, 6.07) is 4.17. The van der Waals surface area contributed by atoms with Gasteiger partial charge in [-0.25, -0.2) is 8.78 Å². The van der Waals surface area contributed by atoms with Gasteiger partial charge in [-0.05, 0) is 60.7 Å². The molecule has 1 aromatic rings. The highest BCUT2D eigenvalue weighted by Crippen LogP contribution is 2.33. The van der Waals surface area contributed by atoms with Gasteiger partial charge in [0.05, 0.1) is 7.11 Å². The molecule has 1 unspecified atom stereocenters. The third-order valence-corrected chi connectivity index (χ3v) is 5.62. The van der Waals surface area contributed by atoms with E-state index in [1.54, 1.807) is 12.3 Å². The van der Waals surface area contributed by atoms with Gasteiger partial charge in [-0.3, -0.25) is 15.5 Å². The number of ether oxygens (including phenoxy) is 1. The lowest BCUT2D eigenvalue weighted by atomic mass is 9.95. The normalized spacial score (nSPS) is 19.1. The fourth-order valence-corrected chi connectivity index (χ4v) is 3.75. The third-order valence-electron chi connectivity index (χ3n) is 4.75. The van der Waals surface area contributed by atoms with Gasteiger partial charge in [-0.1, -0.05) is 25.7 Å². The molecule has 0 spiro atoms. The van der Waals surface area contributed by atoms with Crippen molar-refractivity contribution in [1.82, 2.24) is 16.1 Å². The highest BCUT2D eigenvalue weighted by molar-refractivity contribution is 8.14. The molecule has 6 nitrogen and oxygen atoms in total. The Morgan fingerprint density at radius 3 is 2.78 bits per heavy atom. The molecule has 1 saturated carbocycles. The summed E-state index contributed by atoms with van der Waals surface area (Å²) in [5.74, 6) is 6.80. The molecule has 32 heavy (non-hydrogen) atoms. The Labute approximate surface area is 190 Å². The zero-order valence-electron chi connectivity index (χ0n) is 18.2. The summed E-state index contributed by atoms with van der Waals surface area (Å²) in [7, 11) is 1.46. The van der Waals surface area contributed by atoms with E-state index in [0.717, 1.165) is 12.8 Å². The van der Waals surface area contributed by atoms with Crippen LogP contribution in [0.3, 0.4) is 0 Å². The Morgan fingerprint density at radius 2 is 2.09 bits per heavy atom. The van der Waals surface area contributed by atoms with Crippen LogP contribution in [-0.4, -0.2) is 30.1 Å². The monoisotopic (exact) mass is 460 g/mol. The highest BCUT2D eigenvalue weighted by atomic mass is 32.2. The zero-order valence-corrected chi connectivity index (χ0v) is 19.0. The smallest absolute Gasteiger partial charge is 0.263 e. The summed E-state index contributed by atoms with van der Waals surface area (Å²) in [6.07, 6.45) is 2.92. The number of hydrogen-bond acceptors (Lipinski definition) is 6. The van der Waals surface area contributed by atoms with Crippen LogP contribution in [-0.2, 0) is 4.79 Å². The van der Waals surface area contributed by atoms with Gasteiger partial charge in [0.1, 0.15) is 5.75 Å². The van der Waals surface area contributed by atoms with Crippen molar-refractivity contribution in [3.8, 4) is 17.6 Å². The summed E-state index contributed by atoms with van der Waals surface area (Å²) in [5, 5.41) is 10.2. The lowest BCUT2D eigenvalue weighted by Crippen LogP contribution is -2.31. The number of thioether (sulfide) groups is 1. The fourth-order valence-electron chi connectivity index (χ4n) is 3.04. The van der Waals surface area contributed by atoms with Gasteiger partial charge >= 0.3 is 0 Å². The lowest BCUT2D eigenvalue weighted by Gasteiger charge is -2.20. The van der Waals surface area contributed by atoms with E-state index in [2.05, 4.69) is 33.0 Å². The number of halogens is 2. The number of hydrogen-bond donors (Lipinski definition) is 3. The predicted octanol–water partition coefficient (Wildman–Crippen LogP) is 3.99. The number of alkyl halides is 2. The van der Waals surface area contributed by atoms with Crippen LogP contribution in [0.25, 0.3) is 5.57 Å². The summed E-state index contributed by atoms with van der Waals surface area (Å²) in [5.41, 5.74) is 4.13. The first kappa shape index (κ1) is 23.7. The second-order valence-corrected chi connectivity index (χ2v) is 8.02. The number of nitrogens with one attached hydrogen (secondary N) is 3. The van der Waals surface area contributed by atoms with Crippen molar-refractivity contribution in [3.63, 3.8) is 0 Å². The minimum Gasteiger partial charge on any atom is -0.496 e. The number of hydrazone groups is 1. The molecule has 2 aliphatic heterocycles. The van der Waals surface area contributed by atoms with Gasteiger partial charge in [0.25, 0.3) is 12.3 Å². The minimum absolute atomic E-state index is 0.135. The molecule has 0 aromatic heterocycles. The van der Waals surface area contributed by atoms with Crippen molar-refractivity contribution in [2.75, 3.05) is 13.7 Å². The number of carbonyl (C=O) groups excluding carboxylic acids is 1. The zero-order chi connectivity index (χ0) is 23.1. The van der Waals surface area contributed by atoms with E-state index in [4.69, 9.17) is 4.74 Å². The van der Waals surface area contributed by atoms with Crippen molar-refractivity contribution in [3.05, 3.63) is 47.2 Å². The van der Waals surface area contributed by atoms with Crippen LogP contribution >= 0.6 is 11.8 Å². The average molecular weight is 461 g/mol. The van der Waals surface area contributed by atoms with Crippen LogP contribution in [0.15, 0.2) is 41.1 Å². The van der Waals surface area contributed by atoms with Crippen molar-refractivity contribution >= 4 is 28.4 Å². The minimum atomic E-state index is -2.62. The van der Waals surface area contributed by atoms with Crippen LogP contribution < -0.4 is 20.8 Å². The molecule has 0 radical (unpaired) electrons. The maximum absolute atomic E-state index is 13.2. The fraction of sp³-hybridized carbons (Fsp3) is 0.391. The maximum atomic E-state index is 13.2. The molecule has 1 fully saturated rings. The van der Waals surface area contributed by atoms with Gasteiger partial charge in [0.15, 0.2) is 10.5 Å². The molecule has 3 N–H and O–H groups in total. The quantitative estimate of drug-likeness (QED) is 0.593. The molecule has 1 amide bonds. The molecule has 1 atom stereocenters. The van der Waals surface area contributed by atoms with E-state index in [1.165, 1.54) is 37.1 Å². The standard InChI is InChI=1S/C21H20F2N4O2S.C2H6/c1-29-17-6-5-13(19(22)23)10-15(17)16-11-24-9-8-14(16)20(28)25-21-27-26-18(30-21)7-4-12-2-3-12;1-2/h5-6,8-10,12,18-19,24,26H,2-3,11H2,1H3,(H,25,27,28);1-2H3. The van der Waals surface area contributed by atoms with Gasteiger partial charge in [0.2, 0.25) is 0 Å².